The molecule has 0 bridgehead atoms. The highest BCUT2D eigenvalue weighted by molar-refractivity contribution is 6.09. The van der Waals surface area contributed by atoms with Crippen molar-refractivity contribution in [3.8, 4) is 17.2 Å². The first-order chi connectivity index (χ1) is 20.1. The Balaban J connectivity index is 1.58. The number of benzene rings is 3. The van der Waals surface area contributed by atoms with Gasteiger partial charge in [-0.3, -0.25) is 0 Å². The quantitative estimate of drug-likeness (QED) is 0.113. The van der Waals surface area contributed by atoms with Gasteiger partial charge >= 0.3 is 5.63 Å². The molecule has 6 nitrogen and oxygen atoms in total. The summed E-state index contributed by atoms with van der Waals surface area (Å²) in [5.74, 6) is 1.31. The van der Waals surface area contributed by atoms with Crippen LogP contribution < -0.4 is 19.8 Å². The highest BCUT2D eigenvalue weighted by Gasteiger charge is 2.19. The van der Waals surface area contributed by atoms with E-state index in [0.29, 0.717) is 58.0 Å². The van der Waals surface area contributed by atoms with E-state index < -0.39 is 5.63 Å². The van der Waals surface area contributed by atoms with Crippen LogP contribution >= 0.6 is 0 Å². The number of allylic oxidation sites excluding steroid dienone is 4. The Labute approximate surface area is 238 Å². The second-order valence-corrected chi connectivity index (χ2v) is 9.71. The fraction of sp³-hybridized carbons (Fsp3) is 0.171. The van der Waals surface area contributed by atoms with Crippen LogP contribution in [0.25, 0.3) is 21.7 Å². The van der Waals surface area contributed by atoms with Crippen LogP contribution in [0.2, 0.25) is 0 Å². The summed E-state index contributed by atoms with van der Waals surface area (Å²) in [5, 5.41) is 11.8. The van der Waals surface area contributed by atoms with Crippen molar-refractivity contribution in [3.05, 3.63) is 137 Å². The molecule has 0 saturated carbocycles. The molecule has 0 aliphatic heterocycles. The summed E-state index contributed by atoms with van der Waals surface area (Å²) in [6.45, 7) is 8.24. The number of hydrogen-bond acceptors (Lipinski definition) is 6. The zero-order valence-electron chi connectivity index (χ0n) is 22.8. The summed E-state index contributed by atoms with van der Waals surface area (Å²) in [6, 6.07) is 16.7. The second kappa shape index (κ2) is 13.0. The predicted molar refractivity (Wildman–Crippen MR) is 163 cm³/mol. The molecule has 6 heteroatoms. The fourth-order valence-corrected chi connectivity index (χ4v) is 4.69. The third-order valence-electron chi connectivity index (χ3n) is 6.69. The van der Waals surface area contributed by atoms with E-state index in [-0.39, 0.29) is 18.6 Å². The molecule has 4 aromatic rings. The first kappa shape index (κ1) is 27.7. The van der Waals surface area contributed by atoms with Gasteiger partial charge in [-0.15, -0.1) is 0 Å². The van der Waals surface area contributed by atoms with Gasteiger partial charge in [-0.05, 0) is 47.2 Å². The number of aliphatic hydroxyl groups excluding tert-OH is 1. The van der Waals surface area contributed by atoms with E-state index in [4.69, 9.17) is 18.6 Å². The van der Waals surface area contributed by atoms with E-state index in [1.54, 1.807) is 42.5 Å². The maximum atomic E-state index is 13.4. The Morgan fingerprint density at radius 1 is 0.976 bits per heavy atom. The molecular formula is C35H32O6. The Hall–Kier alpha value is -4.81. The van der Waals surface area contributed by atoms with Crippen molar-refractivity contribution in [1.82, 2.24) is 0 Å². The molecule has 3 aromatic carbocycles. The van der Waals surface area contributed by atoms with Crippen LogP contribution in [0.15, 0.2) is 125 Å². The summed E-state index contributed by atoms with van der Waals surface area (Å²) < 4.78 is 24.0. The van der Waals surface area contributed by atoms with Crippen molar-refractivity contribution in [2.45, 2.75) is 26.1 Å². The van der Waals surface area contributed by atoms with Gasteiger partial charge in [-0.25, -0.2) is 4.79 Å². The average molecular weight is 549 g/mol. The SMILES string of the molecule is C=C/C=C\C(=C)COc1cc(OCc2ccccc2)cc2c1c(=O)oc1cc(OCC3=CCCC=C3)cc(CO)c12. The summed E-state index contributed by atoms with van der Waals surface area (Å²) in [4.78, 5) is 13.4. The first-order valence-electron chi connectivity index (χ1n) is 13.5. The molecule has 208 valence electrons. The van der Waals surface area contributed by atoms with Gasteiger partial charge in [0.25, 0.3) is 0 Å². The Bertz CT molecular complexity index is 1720. The summed E-state index contributed by atoms with van der Waals surface area (Å²) >= 11 is 0. The van der Waals surface area contributed by atoms with E-state index in [1.165, 1.54) is 0 Å². The smallest absolute Gasteiger partial charge is 0.347 e. The Morgan fingerprint density at radius 3 is 2.54 bits per heavy atom. The van der Waals surface area contributed by atoms with Gasteiger partial charge in [-0.2, -0.15) is 0 Å². The van der Waals surface area contributed by atoms with E-state index in [2.05, 4.69) is 25.3 Å². The van der Waals surface area contributed by atoms with Gasteiger partial charge < -0.3 is 23.7 Å². The van der Waals surface area contributed by atoms with Gasteiger partial charge in [0.1, 0.15) is 48.0 Å². The maximum Gasteiger partial charge on any atom is 0.347 e. The first-order valence-corrected chi connectivity index (χ1v) is 13.5. The molecule has 1 heterocycles. The fourth-order valence-electron chi connectivity index (χ4n) is 4.69. The molecule has 0 unspecified atom stereocenters. The lowest BCUT2D eigenvalue weighted by Gasteiger charge is -2.16. The van der Waals surface area contributed by atoms with Crippen molar-refractivity contribution in [2.75, 3.05) is 13.2 Å². The molecule has 1 aromatic heterocycles. The van der Waals surface area contributed by atoms with E-state index >= 15 is 0 Å². The zero-order valence-corrected chi connectivity index (χ0v) is 22.8. The molecule has 5 rings (SSSR count). The van der Waals surface area contributed by atoms with Crippen LogP contribution in [-0.2, 0) is 13.2 Å². The highest BCUT2D eigenvalue weighted by Crippen LogP contribution is 2.37. The summed E-state index contributed by atoms with van der Waals surface area (Å²) in [5.41, 5.74) is 3.07. The van der Waals surface area contributed by atoms with Crippen molar-refractivity contribution < 1.29 is 23.7 Å². The predicted octanol–water partition coefficient (Wildman–Crippen LogP) is 7.35. The van der Waals surface area contributed by atoms with Gasteiger partial charge in [-0.1, -0.05) is 79.9 Å². The van der Waals surface area contributed by atoms with Crippen molar-refractivity contribution >= 4 is 21.7 Å². The largest absolute Gasteiger partial charge is 0.489 e. The maximum absolute atomic E-state index is 13.4. The molecule has 0 radical (unpaired) electrons. The van der Waals surface area contributed by atoms with Gasteiger partial charge in [0, 0.05) is 22.9 Å². The monoisotopic (exact) mass is 548 g/mol. The molecule has 1 aliphatic carbocycles. The van der Waals surface area contributed by atoms with E-state index in [0.717, 1.165) is 24.0 Å². The molecule has 0 fully saturated rings. The molecule has 0 spiro atoms. The van der Waals surface area contributed by atoms with Crippen LogP contribution in [0.5, 0.6) is 17.2 Å². The number of fused-ring (bicyclic) bond motifs is 3. The standard InChI is InChI=1S/C35H32O6/c1-3-4-11-24(2)21-40-31-18-29(39-23-26-14-9-6-10-15-26)17-30-33-27(20-36)16-28(19-32(33)41-35(37)34(30)31)38-22-25-12-7-5-8-13-25/h3-4,6-7,9-19,36H,1-2,5,8,20-23H2/b11-4-. The van der Waals surface area contributed by atoms with Gasteiger partial charge in [0.05, 0.1) is 6.61 Å². The minimum atomic E-state index is -0.566. The van der Waals surface area contributed by atoms with Crippen LogP contribution in [0.4, 0.5) is 0 Å². The molecular weight excluding hydrogens is 516 g/mol. The highest BCUT2D eigenvalue weighted by atomic mass is 16.5. The third-order valence-corrected chi connectivity index (χ3v) is 6.69. The van der Waals surface area contributed by atoms with E-state index in [9.17, 15) is 9.90 Å². The molecule has 1 N–H and O–H groups in total. The Morgan fingerprint density at radius 2 is 1.78 bits per heavy atom. The number of aliphatic hydroxyl groups is 1. The number of hydrogen-bond donors (Lipinski definition) is 1. The van der Waals surface area contributed by atoms with Crippen LogP contribution in [0.3, 0.4) is 0 Å². The van der Waals surface area contributed by atoms with Crippen molar-refractivity contribution in [3.63, 3.8) is 0 Å². The number of ether oxygens (including phenoxy) is 3. The second-order valence-electron chi connectivity index (χ2n) is 9.71. The summed E-state index contributed by atoms with van der Waals surface area (Å²) in [6.07, 6.45) is 13.5. The molecule has 0 amide bonds. The zero-order chi connectivity index (χ0) is 28.6. The van der Waals surface area contributed by atoms with Crippen molar-refractivity contribution in [1.29, 1.82) is 0 Å². The molecule has 41 heavy (non-hydrogen) atoms. The normalized spacial score (nSPS) is 13.0. The van der Waals surface area contributed by atoms with Crippen LogP contribution in [0, 0.1) is 0 Å². The average Bonchev–Trinajstić information content (AvgIpc) is 3.01. The third kappa shape index (κ3) is 6.68. The minimum Gasteiger partial charge on any atom is -0.489 e. The van der Waals surface area contributed by atoms with Crippen molar-refractivity contribution in [2.24, 2.45) is 0 Å². The van der Waals surface area contributed by atoms with Gasteiger partial charge in [0.15, 0.2) is 0 Å². The molecule has 1 aliphatic rings. The van der Waals surface area contributed by atoms with E-state index in [1.807, 2.05) is 36.4 Å². The van der Waals surface area contributed by atoms with Crippen LogP contribution in [0.1, 0.15) is 24.0 Å². The lowest BCUT2D eigenvalue weighted by molar-refractivity contribution is 0.282. The molecule has 0 atom stereocenters. The lowest BCUT2D eigenvalue weighted by atomic mass is 10.0. The molecule has 0 saturated heterocycles. The number of rotatable bonds is 12. The minimum absolute atomic E-state index is 0.142. The van der Waals surface area contributed by atoms with Gasteiger partial charge in [0.2, 0.25) is 0 Å². The lowest BCUT2D eigenvalue weighted by Crippen LogP contribution is -2.08. The Kier molecular flexibility index (Phi) is 8.82. The van der Waals surface area contributed by atoms with Crippen LogP contribution in [-0.4, -0.2) is 18.3 Å². The topological polar surface area (TPSA) is 78.1 Å². The summed E-state index contributed by atoms with van der Waals surface area (Å²) in [7, 11) is 0.